The number of carbonyl (C=O) groups excluding carboxylic acids is 1. The Bertz CT molecular complexity index is 611. The Morgan fingerprint density at radius 1 is 1.04 bits per heavy atom. The number of hydrogen-bond acceptors (Lipinski definition) is 3. The van der Waals surface area contributed by atoms with Crippen LogP contribution in [-0.4, -0.2) is 25.7 Å². The molecule has 2 aromatic carbocycles. The van der Waals surface area contributed by atoms with E-state index >= 15 is 0 Å². The number of carbonyl (C=O) groups is 1. The van der Waals surface area contributed by atoms with Crippen molar-refractivity contribution in [3.8, 4) is 11.5 Å². The Labute approximate surface area is 143 Å². The van der Waals surface area contributed by atoms with Crippen LogP contribution < -0.4 is 14.8 Å². The molecule has 4 heteroatoms. The number of amides is 1. The second-order valence-electron chi connectivity index (χ2n) is 5.57. The highest BCUT2D eigenvalue weighted by atomic mass is 16.5. The molecule has 0 radical (unpaired) electrons. The molecule has 1 atom stereocenters. The molecule has 0 saturated heterocycles. The third-order valence-corrected chi connectivity index (χ3v) is 3.79. The molecule has 1 N–H and O–H groups in total. The van der Waals surface area contributed by atoms with Gasteiger partial charge in [-0.25, -0.2) is 0 Å². The number of benzene rings is 2. The number of rotatable bonds is 9. The summed E-state index contributed by atoms with van der Waals surface area (Å²) in [7, 11) is 1.66. The minimum absolute atomic E-state index is 0.0592. The molecule has 0 aliphatic rings. The zero-order chi connectivity index (χ0) is 17.2. The maximum Gasteiger partial charge on any atom is 0.261 e. The van der Waals surface area contributed by atoms with E-state index in [2.05, 4.69) is 5.32 Å². The van der Waals surface area contributed by atoms with Gasteiger partial charge in [0.15, 0.2) is 6.10 Å². The van der Waals surface area contributed by atoms with E-state index < -0.39 is 6.10 Å². The van der Waals surface area contributed by atoms with Crippen LogP contribution in [0.15, 0.2) is 54.6 Å². The number of para-hydroxylation sites is 1. The fourth-order valence-electron chi connectivity index (χ4n) is 2.40. The number of aryl methyl sites for hydroxylation is 1. The molecular weight excluding hydrogens is 302 g/mol. The van der Waals surface area contributed by atoms with Crippen molar-refractivity contribution in [2.24, 2.45) is 0 Å². The van der Waals surface area contributed by atoms with E-state index in [4.69, 9.17) is 9.47 Å². The van der Waals surface area contributed by atoms with Gasteiger partial charge in [-0.15, -0.1) is 0 Å². The Morgan fingerprint density at radius 3 is 2.38 bits per heavy atom. The standard InChI is InChI=1S/C20H25NO3/c1-3-19(24-18-9-5-4-6-10-18)20(22)21-15-7-8-16-11-13-17(23-2)14-12-16/h4-6,9-14,19H,3,7-8,15H2,1-2H3,(H,21,22)/t19-/m0/s1. The van der Waals surface area contributed by atoms with Crippen LogP contribution in [0.2, 0.25) is 0 Å². The number of methoxy groups -OCH3 is 1. The van der Waals surface area contributed by atoms with Crippen molar-refractivity contribution < 1.29 is 14.3 Å². The molecule has 0 bridgehead atoms. The first kappa shape index (κ1) is 17.9. The summed E-state index contributed by atoms with van der Waals surface area (Å²) in [6, 6.07) is 17.4. The van der Waals surface area contributed by atoms with Crippen LogP contribution in [-0.2, 0) is 11.2 Å². The van der Waals surface area contributed by atoms with Crippen molar-refractivity contribution in [3.63, 3.8) is 0 Å². The topological polar surface area (TPSA) is 47.6 Å². The van der Waals surface area contributed by atoms with Gasteiger partial charge in [0.1, 0.15) is 11.5 Å². The molecule has 0 heterocycles. The minimum atomic E-state index is -0.451. The highest BCUT2D eigenvalue weighted by Crippen LogP contribution is 2.13. The lowest BCUT2D eigenvalue weighted by Crippen LogP contribution is -2.38. The van der Waals surface area contributed by atoms with Crippen molar-refractivity contribution in [2.75, 3.05) is 13.7 Å². The van der Waals surface area contributed by atoms with Crippen molar-refractivity contribution in [3.05, 3.63) is 60.2 Å². The first-order valence-corrected chi connectivity index (χ1v) is 8.35. The van der Waals surface area contributed by atoms with E-state index in [-0.39, 0.29) is 5.91 Å². The summed E-state index contributed by atoms with van der Waals surface area (Å²) in [5.74, 6) is 1.52. The number of nitrogens with one attached hydrogen (secondary N) is 1. The molecule has 1 amide bonds. The van der Waals surface area contributed by atoms with E-state index in [1.807, 2.05) is 61.5 Å². The molecular formula is C20H25NO3. The molecule has 0 saturated carbocycles. The van der Waals surface area contributed by atoms with Crippen LogP contribution in [0.3, 0.4) is 0 Å². The van der Waals surface area contributed by atoms with Crippen LogP contribution >= 0.6 is 0 Å². The summed E-state index contributed by atoms with van der Waals surface area (Å²) in [6.45, 7) is 2.59. The molecule has 0 aromatic heterocycles. The van der Waals surface area contributed by atoms with Gasteiger partial charge in [0.25, 0.3) is 5.91 Å². The zero-order valence-electron chi connectivity index (χ0n) is 14.3. The van der Waals surface area contributed by atoms with Gasteiger partial charge in [0.05, 0.1) is 7.11 Å². The Kier molecular flexibility index (Phi) is 7.15. The van der Waals surface area contributed by atoms with Gasteiger partial charge in [-0.1, -0.05) is 37.3 Å². The van der Waals surface area contributed by atoms with Crippen LogP contribution in [0, 0.1) is 0 Å². The van der Waals surface area contributed by atoms with E-state index in [9.17, 15) is 4.79 Å². The summed E-state index contributed by atoms with van der Waals surface area (Å²) >= 11 is 0. The van der Waals surface area contributed by atoms with Gasteiger partial charge in [-0.3, -0.25) is 4.79 Å². The van der Waals surface area contributed by atoms with E-state index in [1.54, 1.807) is 7.11 Å². The molecule has 0 aliphatic carbocycles. The van der Waals surface area contributed by atoms with E-state index in [0.717, 1.165) is 24.3 Å². The Balaban J connectivity index is 1.72. The second kappa shape index (κ2) is 9.60. The van der Waals surface area contributed by atoms with Gasteiger partial charge in [-0.2, -0.15) is 0 Å². The molecule has 0 spiro atoms. The zero-order valence-corrected chi connectivity index (χ0v) is 14.3. The summed E-state index contributed by atoms with van der Waals surface area (Å²) in [4.78, 5) is 12.2. The third-order valence-electron chi connectivity index (χ3n) is 3.79. The summed E-state index contributed by atoms with van der Waals surface area (Å²) in [5.41, 5.74) is 1.23. The Morgan fingerprint density at radius 2 is 1.75 bits per heavy atom. The average molecular weight is 327 g/mol. The van der Waals surface area contributed by atoms with Crippen LogP contribution in [0.4, 0.5) is 0 Å². The van der Waals surface area contributed by atoms with Crippen LogP contribution in [0.25, 0.3) is 0 Å². The molecule has 4 nitrogen and oxygen atoms in total. The summed E-state index contributed by atoms with van der Waals surface area (Å²) in [5, 5.41) is 2.96. The molecule has 0 aliphatic heterocycles. The monoisotopic (exact) mass is 327 g/mol. The van der Waals surface area contributed by atoms with Crippen molar-refractivity contribution in [1.29, 1.82) is 0 Å². The van der Waals surface area contributed by atoms with Gasteiger partial charge >= 0.3 is 0 Å². The average Bonchev–Trinajstić information content (AvgIpc) is 2.64. The molecule has 2 aromatic rings. The first-order chi connectivity index (χ1) is 11.7. The maximum atomic E-state index is 12.2. The first-order valence-electron chi connectivity index (χ1n) is 8.35. The SMILES string of the molecule is CC[C@H](Oc1ccccc1)C(=O)NCCCc1ccc(OC)cc1. The van der Waals surface area contributed by atoms with Crippen molar-refractivity contribution >= 4 is 5.91 Å². The van der Waals surface area contributed by atoms with Gasteiger partial charge < -0.3 is 14.8 Å². The third kappa shape index (κ3) is 5.61. The summed E-state index contributed by atoms with van der Waals surface area (Å²) in [6.07, 6.45) is 1.99. The normalized spacial score (nSPS) is 11.6. The highest BCUT2D eigenvalue weighted by Gasteiger charge is 2.17. The predicted molar refractivity (Wildman–Crippen MR) is 95.5 cm³/mol. The molecule has 128 valence electrons. The Hall–Kier alpha value is -2.49. The number of ether oxygens (including phenoxy) is 2. The fraction of sp³-hybridized carbons (Fsp3) is 0.350. The minimum Gasteiger partial charge on any atom is -0.497 e. The molecule has 24 heavy (non-hydrogen) atoms. The predicted octanol–water partition coefficient (Wildman–Crippen LogP) is 3.60. The smallest absolute Gasteiger partial charge is 0.261 e. The van der Waals surface area contributed by atoms with Crippen LogP contribution in [0.1, 0.15) is 25.3 Å². The summed E-state index contributed by atoms with van der Waals surface area (Å²) < 4.78 is 10.9. The highest BCUT2D eigenvalue weighted by molar-refractivity contribution is 5.81. The van der Waals surface area contributed by atoms with Gasteiger partial charge in [0.2, 0.25) is 0 Å². The lowest BCUT2D eigenvalue weighted by atomic mass is 10.1. The van der Waals surface area contributed by atoms with Gasteiger partial charge in [-0.05, 0) is 49.1 Å². The molecule has 0 fully saturated rings. The van der Waals surface area contributed by atoms with Crippen LogP contribution in [0.5, 0.6) is 11.5 Å². The molecule has 0 unspecified atom stereocenters. The second-order valence-corrected chi connectivity index (χ2v) is 5.57. The fourth-order valence-corrected chi connectivity index (χ4v) is 2.40. The molecule has 2 rings (SSSR count). The van der Waals surface area contributed by atoms with Gasteiger partial charge in [0, 0.05) is 6.54 Å². The maximum absolute atomic E-state index is 12.2. The quantitative estimate of drug-likeness (QED) is 0.716. The number of hydrogen-bond donors (Lipinski definition) is 1. The largest absolute Gasteiger partial charge is 0.497 e. The lowest BCUT2D eigenvalue weighted by Gasteiger charge is -2.17. The van der Waals surface area contributed by atoms with Crippen molar-refractivity contribution in [1.82, 2.24) is 5.32 Å². The van der Waals surface area contributed by atoms with Crippen molar-refractivity contribution in [2.45, 2.75) is 32.3 Å². The lowest BCUT2D eigenvalue weighted by molar-refractivity contribution is -0.128. The van der Waals surface area contributed by atoms with E-state index in [0.29, 0.717) is 13.0 Å². The van der Waals surface area contributed by atoms with E-state index in [1.165, 1.54) is 5.56 Å².